The number of hydrogen-bond acceptors (Lipinski definition) is 5. The van der Waals surface area contributed by atoms with Gasteiger partial charge >= 0.3 is 0 Å². The third kappa shape index (κ3) is 3.69. The van der Waals surface area contributed by atoms with Gasteiger partial charge in [-0.05, 0) is 19.8 Å². The molecule has 2 aromatic heterocycles. The van der Waals surface area contributed by atoms with Crippen molar-refractivity contribution < 1.29 is 0 Å². The standard InChI is InChI=1S/C15H24N6/c1-12-10-14(21-15(20-12)18-11-19-21)17-9-8-16-13-6-4-2-3-5-7-13/h10-11,13,16-17H,2-9H2,1H3. The van der Waals surface area contributed by atoms with E-state index in [0.29, 0.717) is 11.8 Å². The lowest BCUT2D eigenvalue weighted by molar-refractivity contribution is 0.468. The van der Waals surface area contributed by atoms with Gasteiger partial charge in [0.15, 0.2) is 0 Å². The zero-order valence-corrected chi connectivity index (χ0v) is 12.7. The SMILES string of the molecule is Cc1cc(NCCNC2CCCCCC2)n2ncnc2n1. The van der Waals surface area contributed by atoms with E-state index in [2.05, 4.69) is 25.7 Å². The molecule has 2 aromatic rings. The summed E-state index contributed by atoms with van der Waals surface area (Å²) in [5, 5.41) is 11.3. The molecule has 0 unspecified atom stereocenters. The van der Waals surface area contributed by atoms with Crippen LogP contribution in [0.1, 0.15) is 44.2 Å². The van der Waals surface area contributed by atoms with Crippen LogP contribution >= 0.6 is 0 Å². The lowest BCUT2D eigenvalue weighted by Gasteiger charge is -2.16. The van der Waals surface area contributed by atoms with Crippen LogP contribution in [0.3, 0.4) is 0 Å². The smallest absolute Gasteiger partial charge is 0.254 e. The Hall–Kier alpha value is -1.69. The molecule has 1 fully saturated rings. The second-order valence-corrected chi connectivity index (χ2v) is 5.82. The molecule has 2 N–H and O–H groups in total. The first-order chi connectivity index (χ1) is 10.3. The summed E-state index contributed by atoms with van der Waals surface area (Å²) in [6.45, 7) is 3.83. The molecule has 1 aliphatic carbocycles. The molecule has 1 saturated carbocycles. The fraction of sp³-hybridized carbons (Fsp3) is 0.667. The van der Waals surface area contributed by atoms with Crippen molar-refractivity contribution in [3.8, 4) is 0 Å². The average Bonchev–Trinajstić information content (AvgIpc) is 2.79. The molecular weight excluding hydrogens is 264 g/mol. The minimum absolute atomic E-state index is 0.647. The van der Waals surface area contributed by atoms with Crippen LogP contribution < -0.4 is 10.6 Å². The first-order valence-electron chi connectivity index (χ1n) is 7.97. The maximum atomic E-state index is 4.34. The van der Waals surface area contributed by atoms with E-state index in [9.17, 15) is 0 Å². The first-order valence-corrected chi connectivity index (χ1v) is 7.97. The number of aryl methyl sites for hydroxylation is 1. The van der Waals surface area contributed by atoms with E-state index in [-0.39, 0.29) is 0 Å². The predicted molar refractivity (Wildman–Crippen MR) is 83.5 cm³/mol. The zero-order valence-electron chi connectivity index (χ0n) is 12.7. The van der Waals surface area contributed by atoms with Crippen LogP contribution in [0.5, 0.6) is 0 Å². The topological polar surface area (TPSA) is 67.1 Å². The van der Waals surface area contributed by atoms with Crippen molar-refractivity contribution in [3.63, 3.8) is 0 Å². The Morgan fingerprint density at radius 1 is 1.19 bits per heavy atom. The Balaban J connectivity index is 1.51. The monoisotopic (exact) mass is 288 g/mol. The van der Waals surface area contributed by atoms with Gasteiger partial charge < -0.3 is 10.6 Å². The van der Waals surface area contributed by atoms with E-state index in [1.54, 1.807) is 4.52 Å². The molecule has 0 amide bonds. The molecule has 114 valence electrons. The van der Waals surface area contributed by atoms with Crippen LogP contribution in [0.2, 0.25) is 0 Å². The van der Waals surface area contributed by atoms with Crippen LogP contribution in [0.25, 0.3) is 5.78 Å². The van der Waals surface area contributed by atoms with Crippen molar-refractivity contribution in [2.24, 2.45) is 0 Å². The van der Waals surface area contributed by atoms with Crippen molar-refractivity contribution in [3.05, 3.63) is 18.1 Å². The Morgan fingerprint density at radius 3 is 2.81 bits per heavy atom. The Kier molecular flexibility index (Phi) is 4.65. The van der Waals surface area contributed by atoms with Crippen molar-refractivity contribution in [2.45, 2.75) is 51.5 Å². The number of nitrogens with one attached hydrogen (secondary N) is 2. The van der Waals surface area contributed by atoms with E-state index in [4.69, 9.17) is 0 Å². The molecule has 0 saturated heterocycles. The third-order valence-corrected chi connectivity index (χ3v) is 4.10. The molecule has 2 heterocycles. The summed E-state index contributed by atoms with van der Waals surface area (Å²) in [5.41, 5.74) is 0.953. The van der Waals surface area contributed by atoms with Gasteiger partial charge in [-0.1, -0.05) is 25.7 Å². The van der Waals surface area contributed by atoms with Gasteiger partial charge in [0.2, 0.25) is 0 Å². The molecule has 0 aromatic carbocycles. The van der Waals surface area contributed by atoms with Gasteiger partial charge in [0.05, 0.1) is 0 Å². The summed E-state index contributed by atoms with van der Waals surface area (Å²) in [7, 11) is 0. The lowest BCUT2D eigenvalue weighted by atomic mass is 10.1. The van der Waals surface area contributed by atoms with Gasteiger partial charge in [-0.3, -0.25) is 0 Å². The lowest BCUT2D eigenvalue weighted by Crippen LogP contribution is -2.32. The van der Waals surface area contributed by atoms with Crippen molar-refractivity contribution >= 4 is 11.6 Å². The van der Waals surface area contributed by atoms with E-state index in [1.807, 2.05) is 13.0 Å². The van der Waals surface area contributed by atoms with Crippen molar-refractivity contribution in [2.75, 3.05) is 18.4 Å². The maximum Gasteiger partial charge on any atom is 0.254 e. The number of rotatable bonds is 5. The van der Waals surface area contributed by atoms with Gasteiger partial charge in [0.1, 0.15) is 12.1 Å². The van der Waals surface area contributed by atoms with Crippen LogP contribution in [-0.4, -0.2) is 38.7 Å². The molecule has 1 aliphatic rings. The minimum Gasteiger partial charge on any atom is -0.369 e. The molecule has 0 atom stereocenters. The minimum atomic E-state index is 0.647. The average molecular weight is 288 g/mol. The highest BCUT2D eigenvalue weighted by atomic mass is 15.3. The first kappa shape index (κ1) is 14.3. The summed E-state index contributed by atoms with van der Waals surface area (Å²) < 4.78 is 1.75. The number of fused-ring (bicyclic) bond motifs is 1. The molecule has 0 radical (unpaired) electrons. The highest BCUT2D eigenvalue weighted by Gasteiger charge is 2.11. The van der Waals surface area contributed by atoms with E-state index in [1.165, 1.54) is 44.9 Å². The normalized spacial score (nSPS) is 17.0. The summed E-state index contributed by atoms with van der Waals surface area (Å²) in [5.74, 6) is 1.60. The van der Waals surface area contributed by atoms with Crippen molar-refractivity contribution in [1.82, 2.24) is 24.9 Å². The van der Waals surface area contributed by atoms with Gasteiger partial charge in [0, 0.05) is 30.9 Å². The van der Waals surface area contributed by atoms with Gasteiger partial charge in [-0.2, -0.15) is 14.6 Å². The van der Waals surface area contributed by atoms with E-state index < -0.39 is 0 Å². The highest BCUT2D eigenvalue weighted by Crippen LogP contribution is 2.17. The fourth-order valence-electron chi connectivity index (χ4n) is 3.01. The number of anilines is 1. The summed E-state index contributed by atoms with van der Waals surface area (Å²) in [4.78, 5) is 8.48. The molecule has 6 heteroatoms. The quantitative estimate of drug-likeness (QED) is 0.652. The Labute approximate surface area is 125 Å². The Bertz CT molecular complexity index is 571. The van der Waals surface area contributed by atoms with E-state index >= 15 is 0 Å². The van der Waals surface area contributed by atoms with Crippen LogP contribution in [-0.2, 0) is 0 Å². The highest BCUT2D eigenvalue weighted by molar-refractivity contribution is 5.44. The summed E-state index contributed by atoms with van der Waals surface area (Å²) >= 11 is 0. The molecule has 6 nitrogen and oxygen atoms in total. The number of aromatic nitrogens is 4. The largest absolute Gasteiger partial charge is 0.369 e. The fourth-order valence-corrected chi connectivity index (χ4v) is 3.01. The predicted octanol–water partition coefficient (Wildman–Crippen LogP) is 2.16. The maximum absolute atomic E-state index is 4.34. The third-order valence-electron chi connectivity index (χ3n) is 4.10. The van der Waals surface area contributed by atoms with Gasteiger partial charge in [0.25, 0.3) is 5.78 Å². The molecule has 0 spiro atoms. The molecule has 0 aliphatic heterocycles. The number of hydrogen-bond donors (Lipinski definition) is 2. The van der Waals surface area contributed by atoms with Crippen LogP contribution in [0.15, 0.2) is 12.4 Å². The number of nitrogens with zero attached hydrogens (tertiary/aromatic N) is 4. The molecule has 3 rings (SSSR count). The van der Waals surface area contributed by atoms with Crippen molar-refractivity contribution in [1.29, 1.82) is 0 Å². The second-order valence-electron chi connectivity index (χ2n) is 5.82. The zero-order chi connectivity index (χ0) is 14.5. The molecule has 21 heavy (non-hydrogen) atoms. The van der Waals surface area contributed by atoms with Gasteiger partial charge in [-0.15, -0.1) is 0 Å². The molecule has 0 bridgehead atoms. The second kappa shape index (κ2) is 6.85. The van der Waals surface area contributed by atoms with Gasteiger partial charge in [-0.25, -0.2) is 4.98 Å². The van der Waals surface area contributed by atoms with Crippen LogP contribution in [0.4, 0.5) is 5.82 Å². The van der Waals surface area contributed by atoms with Crippen LogP contribution in [0, 0.1) is 6.92 Å². The Morgan fingerprint density at radius 2 is 2.00 bits per heavy atom. The van der Waals surface area contributed by atoms with E-state index in [0.717, 1.165) is 24.6 Å². The molecular formula is C15H24N6. The summed E-state index contributed by atoms with van der Waals surface area (Å²) in [6, 6.07) is 2.70. The summed E-state index contributed by atoms with van der Waals surface area (Å²) in [6.07, 6.45) is 9.72.